The Morgan fingerprint density at radius 1 is 0.846 bits per heavy atom. The third-order valence-electron chi connectivity index (χ3n) is 3.95. The summed E-state index contributed by atoms with van der Waals surface area (Å²) in [6, 6.07) is 0. The second kappa shape index (κ2) is 5.02. The second-order valence-corrected chi connectivity index (χ2v) is 5.01. The minimum absolute atomic E-state index is 1.02. The van der Waals surface area contributed by atoms with Crippen LogP contribution < -0.4 is 0 Å². The molecule has 75 valence electrons. The highest BCUT2D eigenvalue weighted by Gasteiger charge is 2.18. The molecule has 0 spiro atoms. The highest BCUT2D eigenvalue weighted by Crippen LogP contribution is 2.33. The van der Waals surface area contributed by atoms with E-state index in [1.165, 1.54) is 64.2 Å². The molecule has 0 heterocycles. The van der Waals surface area contributed by atoms with Gasteiger partial charge in [-0.25, -0.2) is 0 Å². The Morgan fingerprint density at radius 3 is 2.23 bits per heavy atom. The highest BCUT2D eigenvalue weighted by atomic mass is 14.2. The zero-order valence-corrected chi connectivity index (χ0v) is 8.80. The van der Waals surface area contributed by atoms with Crippen molar-refractivity contribution >= 4 is 0 Å². The van der Waals surface area contributed by atoms with Crippen LogP contribution in [0.3, 0.4) is 0 Å². The summed E-state index contributed by atoms with van der Waals surface area (Å²) in [6.45, 7) is 0. The van der Waals surface area contributed by atoms with Crippen LogP contribution >= 0.6 is 0 Å². The summed E-state index contributed by atoms with van der Waals surface area (Å²) in [6.07, 6.45) is 17.6. The molecule has 0 aromatic heterocycles. The average Bonchev–Trinajstić information content (AvgIpc) is 2.11. The van der Waals surface area contributed by atoms with E-state index in [1.807, 2.05) is 0 Å². The first-order chi connectivity index (χ1) is 6.45. The van der Waals surface area contributed by atoms with Gasteiger partial charge in [-0.15, -0.1) is 0 Å². The van der Waals surface area contributed by atoms with E-state index in [1.54, 1.807) is 0 Å². The van der Waals surface area contributed by atoms with Crippen molar-refractivity contribution in [1.82, 2.24) is 0 Å². The van der Waals surface area contributed by atoms with Gasteiger partial charge >= 0.3 is 0 Å². The summed E-state index contributed by atoms with van der Waals surface area (Å²) >= 11 is 0. The average molecular weight is 179 g/mol. The zero-order chi connectivity index (χ0) is 8.93. The number of hydrogen-bond donors (Lipinski definition) is 0. The topological polar surface area (TPSA) is 0 Å². The monoisotopic (exact) mass is 179 g/mol. The molecule has 0 saturated heterocycles. The molecule has 0 nitrogen and oxygen atoms in total. The molecule has 0 atom stereocenters. The van der Waals surface area contributed by atoms with Crippen LogP contribution in [0.25, 0.3) is 0 Å². The Morgan fingerprint density at radius 2 is 1.62 bits per heavy atom. The highest BCUT2D eigenvalue weighted by molar-refractivity contribution is 4.83. The van der Waals surface area contributed by atoms with Gasteiger partial charge < -0.3 is 0 Å². The summed E-state index contributed by atoms with van der Waals surface area (Å²) < 4.78 is 0. The van der Waals surface area contributed by atoms with Gasteiger partial charge in [-0.1, -0.05) is 57.8 Å². The Kier molecular flexibility index (Phi) is 3.69. The normalized spacial score (nSPS) is 25.8. The molecule has 0 bridgehead atoms. The lowest BCUT2D eigenvalue weighted by Gasteiger charge is -2.26. The fraction of sp³-hybridized carbons (Fsp3) is 0.923. The first kappa shape index (κ1) is 9.55. The predicted molar refractivity (Wildman–Crippen MR) is 57.5 cm³/mol. The molecule has 0 amide bonds. The van der Waals surface area contributed by atoms with Crippen molar-refractivity contribution in [1.29, 1.82) is 0 Å². The van der Waals surface area contributed by atoms with E-state index in [0.717, 1.165) is 11.8 Å². The Hall–Kier alpha value is 0. The molecule has 0 heteroatoms. The lowest BCUT2D eigenvalue weighted by atomic mass is 9.79. The summed E-state index contributed by atoms with van der Waals surface area (Å²) in [5, 5.41) is 0. The minimum atomic E-state index is 1.02. The quantitative estimate of drug-likeness (QED) is 0.602. The minimum Gasteiger partial charge on any atom is -0.0533 e. The molecule has 2 saturated carbocycles. The maximum atomic E-state index is 2.61. The van der Waals surface area contributed by atoms with Crippen LogP contribution in [0.4, 0.5) is 0 Å². The first-order valence-corrected chi connectivity index (χ1v) is 6.28. The standard InChI is InChI=1S/C13H23/c1-2-6-12(7-3-1)8-4-9-13-10-5-11-13/h9,12-13H,1-8,10-11H2. The van der Waals surface area contributed by atoms with Crippen molar-refractivity contribution in [2.24, 2.45) is 11.8 Å². The fourth-order valence-corrected chi connectivity index (χ4v) is 2.72. The van der Waals surface area contributed by atoms with Gasteiger partial charge in [-0.2, -0.15) is 0 Å². The van der Waals surface area contributed by atoms with Crippen molar-refractivity contribution in [2.75, 3.05) is 0 Å². The molecule has 0 N–H and O–H groups in total. The summed E-state index contributed by atoms with van der Waals surface area (Å²) in [5.41, 5.74) is 0. The van der Waals surface area contributed by atoms with Crippen LogP contribution in [-0.4, -0.2) is 0 Å². The molecule has 2 aliphatic carbocycles. The second-order valence-electron chi connectivity index (χ2n) is 5.01. The lowest BCUT2D eigenvalue weighted by Crippen LogP contribution is -2.12. The fourth-order valence-electron chi connectivity index (χ4n) is 2.72. The molecule has 0 aromatic carbocycles. The van der Waals surface area contributed by atoms with E-state index >= 15 is 0 Å². The molecule has 13 heavy (non-hydrogen) atoms. The van der Waals surface area contributed by atoms with Gasteiger partial charge in [0.05, 0.1) is 0 Å². The van der Waals surface area contributed by atoms with E-state index in [4.69, 9.17) is 0 Å². The van der Waals surface area contributed by atoms with E-state index in [2.05, 4.69) is 6.42 Å². The summed E-state index contributed by atoms with van der Waals surface area (Å²) in [5.74, 6) is 2.11. The molecule has 2 aliphatic rings. The van der Waals surface area contributed by atoms with E-state index in [9.17, 15) is 0 Å². The maximum absolute atomic E-state index is 2.61. The van der Waals surface area contributed by atoms with Crippen molar-refractivity contribution in [3.05, 3.63) is 6.42 Å². The van der Waals surface area contributed by atoms with Crippen LogP contribution in [0.15, 0.2) is 0 Å². The third-order valence-corrected chi connectivity index (χ3v) is 3.95. The molecular weight excluding hydrogens is 156 g/mol. The van der Waals surface area contributed by atoms with Crippen molar-refractivity contribution in [3.63, 3.8) is 0 Å². The SMILES string of the molecule is [CH](CCC1CCCCC1)C1CCC1. The van der Waals surface area contributed by atoms with Crippen LogP contribution in [0.2, 0.25) is 0 Å². The largest absolute Gasteiger partial charge is 0.0533 e. The summed E-state index contributed by atoms with van der Waals surface area (Å²) in [7, 11) is 0. The Labute approximate surface area is 83.1 Å². The van der Waals surface area contributed by atoms with Crippen LogP contribution in [-0.2, 0) is 0 Å². The van der Waals surface area contributed by atoms with Gasteiger partial charge in [0, 0.05) is 0 Å². The van der Waals surface area contributed by atoms with Gasteiger partial charge in [-0.3, -0.25) is 0 Å². The number of hydrogen-bond acceptors (Lipinski definition) is 0. The van der Waals surface area contributed by atoms with E-state index < -0.39 is 0 Å². The van der Waals surface area contributed by atoms with Gasteiger partial charge in [0.1, 0.15) is 0 Å². The molecule has 0 aromatic rings. The van der Waals surface area contributed by atoms with Crippen LogP contribution in [0, 0.1) is 18.3 Å². The van der Waals surface area contributed by atoms with Crippen molar-refractivity contribution < 1.29 is 0 Å². The predicted octanol–water partition coefficient (Wildman–Crippen LogP) is 4.35. The molecule has 0 aliphatic heterocycles. The van der Waals surface area contributed by atoms with Crippen LogP contribution in [0.1, 0.15) is 64.2 Å². The zero-order valence-electron chi connectivity index (χ0n) is 8.80. The van der Waals surface area contributed by atoms with Gasteiger partial charge in [0.15, 0.2) is 0 Å². The van der Waals surface area contributed by atoms with Gasteiger partial charge in [0.2, 0.25) is 0 Å². The van der Waals surface area contributed by atoms with Gasteiger partial charge in [-0.05, 0) is 24.7 Å². The molecule has 0 unspecified atom stereocenters. The lowest BCUT2D eigenvalue weighted by molar-refractivity contribution is 0.313. The van der Waals surface area contributed by atoms with Crippen molar-refractivity contribution in [3.8, 4) is 0 Å². The number of rotatable bonds is 4. The molecule has 2 rings (SSSR count). The molecule has 1 radical (unpaired) electrons. The molecule has 2 fully saturated rings. The van der Waals surface area contributed by atoms with Gasteiger partial charge in [0.25, 0.3) is 0 Å². The molecular formula is C13H23. The third kappa shape index (κ3) is 3.00. The summed E-state index contributed by atoms with van der Waals surface area (Å²) in [4.78, 5) is 0. The Bertz CT molecular complexity index is 129. The van der Waals surface area contributed by atoms with Crippen LogP contribution in [0.5, 0.6) is 0 Å². The Balaban J connectivity index is 1.50. The smallest absolute Gasteiger partial charge is 0.0355 e. The van der Waals surface area contributed by atoms with Crippen molar-refractivity contribution in [2.45, 2.75) is 64.2 Å². The van der Waals surface area contributed by atoms with E-state index in [0.29, 0.717) is 0 Å². The van der Waals surface area contributed by atoms with E-state index in [-0.39, 0.29) is 0 Å². The maximum Gasteiger partial charge on any atom is -0.0355 e. The first-order valence-electron chi connectivity index (χ1n) is 6.28.